The number of hydrogen-bond acceptors (Lipinski definition) is 4. The summed E-state index contributed by atoms with van der Waals surface area (Å²) in [6, 6.07) is 1.19. The van der Waals surface area contributed by atoms with Crippen LogP contribution in [0.3, 0.4) is 0 Å². The van der Waals surface area contributed by atoms with Gasteiger partial charge in [-0.1, -0.05) is 18.5 Å². The number of ketones is 1. The van der Waals surface area contributed by atoms with E-state index in [4.69, 9.17) is 16.0 Å². The summed E-state index contributed by atoms with van der Waals surface area (Å²) in [6.45, 7) is 1.88. The van der Waals surface area contributed by atoms with Crippen molar-refractivity contribution in [2.45, 2.75) is 26.2 Å². The van der Waals surface area contributed by atoms with Crippen LogP contribution >= 0.6 is 11.6 Å². The van der Waals surface area contributed by atoms with E-state index in [1.807, 2.05) is 6.92 Å². The molecule has 0 fully saturated rings. The third kappa shape index (κ3) is 3.09. The molecule has 0 aromatic carbocycles. The first-order valence-electron chi connectivity index (χ1n) is 4.57. The van der Waals surface area contributed by atoms with Crippen molar-refractivity contribution in [3.05, 3.63) is 27.3 Å². The highest BCUT2D eigenvalue weighted by molar-refractivity contribution is 6.31. The number of carbonyl (C=O) groups is 1. The largest absolute Gasteiger partial charge is 0.506 e. The molecule has 1 aromatic heterocycles. The van der Waals surface area contributed by atoms with Gasteiger partial charge in [0.05, 0.1) is 6.42 Å². The maximum Gasteiger partial charge on any atom is 0.358 e. The number of halogens is 1. The Morgan fingerprint density at radius 1 is 1.60 bits per heavy atom. The van der Waals surface area contributed by atoms with E-state index in [2.05, 4.69) is 0 Å². The average molecular weight is 231 g/mol. The highest BCUT2D eigenvalue weighted by Gasteiger charge is 2.11. The highest BCUT2D eigenvalue weighted by atomic mass is 35.5. The minimum Gasteiger partial charge on any atom is -0.506 e. The second kappa shape index (κ2) is 4.98. The Morgan fingerprint density at radius 3 is 2.80 bits per heavy atom. The molecule has 0 aliphatic heterocycles. The molecular weight excluding hydrogens is 220 g/mol. The van der Waals surface area contributed by atoms with E-state index in [0.717, 1.165) is 6.42 Å². The summed E-state index contributed by atoms with van der Waals surface area (Å²) in [4.78, 5) is 22.3. The van der Waals surface area contributed by atoms with E-state index < -0.39 is 5.63 Å². The van der Waals surface area contributed by atoms with Gasteiger partial charge in [-0.3, -0.25) is 4.79 Å². The molecule has 0 aliphatic rings. The molecule has 0 bridgehead atoms. The molecule has 0 radical (unpaired) electrons. The fourth-order valence-electron chi connectivity index (χ4n) is 1.16. The quantitative estimate of drug-likeness (QED) is 0.858. The van der Waals surface area contributed by atoms with Gasteiger partial charge in [-0.2, -0.15) is 0 Å². The van der Waals surface area contributed by atoms with Gasteiger partial charge >= 0.3 is 5.63 Å². The van der Waals surface area contributed by atoms with Gasteiger partial charge in [-0.05, 0) is 6.42 Å². The minimum atomic E-state index is -0.823. The molecule has 0 spiro atoms. The molecule has 82 valence electrons. The van der Waals surface area contributed by atoms with Crippen LogP contribution in [-0.2, 0) is 11.2 Å². The van der Waals surface area contributed by atoms with Crippen molar-refractivity contribution in [1.82, 2.24) is 0 Å². The van der Waals surface area contributed by atoms with Gasteiger partial charge in [0, 0.05) is 12.5 Å². The van der Waals surface area contributed by atoms with Crippen molar-refractivity contribution in [3.63, 3.8) is 0 Å². The third-order valence-electron chi connectivity index (χ3n) is 1.83. The Hall–Kier alpha value is -1.29. The fraction of sp³-hybridized carbons (Fsp3) is 0.400. The highest BCUT2D eigenvalue weighted by Crippen LogP contribution is 2.19. The second-order valence-corrected chi connectivity index (χ2v) is 3.54. The van der Waals surface area contributed by atoms with Gasteiger partial charge in [0.2, 0.25) is 0 Å². The van der Waals surface area contributed by atoms with Gasteiger partial charge in [0.25, 0.3) is 0 Å². The van der Waals surface area contributed by atoms with Gasteiger partial charge in [0.1, 0.15) is 17.3 Å². The van der Waals surface area contributed by atoms with Crippen LogP contribution in [0.1, 0.15) is 25.5 Å². The van der Waals surface area contributed by atoms with E-state index in [1.165, 1.54) is 6.07 Å². The second-order valence-electron chi connectivity index (χ2n) is 3.16. The maximum absolute atomic E-state index is 11.2. The number of aromatic hydroxyl groups is 1. The van der Waals surface area contributed by atoms with Gasteiger partial charge in [0.15, 0.2) is 5.02 Å². The number of Topliss-reactive ketones (excluding diaryl/α,β-unsaturated/α-hetero) is 1. The monoisotopic (exact) mass is 230 g/mol. The topological polar surface area (TPSA) is 67.5 Å². The zero-order valence-electron chi connectivity index (χ0n) is 8.25. The Labute approximate surface area is 91.5 Å². The summed E-state index contributed by atoms with van der Waals surface area (Å²) in [5, 5.41) is 8.86. The van der Waals surface area contributed by atoms with E-state index in [0.29, 0.717) is 6.42 Å². The van der Waals surface area contributed by atoms with Gasteiger partial charge in [-0.15, -0.1) is 0 Å². The van der Waals surface area contributed by atoms with Crippen LogP contribution in [0.5, 0.6) is 5.75 Å². The van der Waals surface area contributed by atoms with Gasteiger partial charge < -0.3 is 9.52 Å². The Morgan fingerprint density at radius 2 is 2.27 bits per heavy atom. The molecule has 1 aromatic rings. The smallest absolute Gasteiger partial charge is 0.358 e. The summed E-state index contributed by atoms with van der Waals surface area (Å²) < 4.78 is 4.74. The lowest BCUT2D eigenvalue weighted by Crippen LogP contribution is -2.07. The van der Waals surface area contributed by atoms with E-state index in [9.17, 15) is 14.7 Å². The molecule has 1 heterocycles. The summed E-state index contributed by atoms with van der Waals surface area (Å²) in [6.07, 6.45) is 1.17. The normalized spacial score (nSPS) is 10.3. The van der Waals surface area contributed by atoms with Crippen LogP contribution in [0.2, 0.25) is 5.02 Å². The molecule has 5 heteroatoms. The van der Waals surface area contributed by atoms with E-state index in [-0.39, 0.29) is 28.7 Å². The van der Waals surface area contributed by atoms with Crippen LogP contribution in [0.25, 0.3) is 0 Å². The first-order valence-corrected chi connectivity index (χ1v) is 4.95. The number of hydrogen-bond donors (Lipinski definition) is 1. The molecule has 0 saturated heterocycles. The van der Waals surface area contributed by atoms with E-state index in [1.54, 1.807) is 0 Å². The summed E-state index contributed by atoms with van der Waals surface area (Å²) in [5.41, 5.74) is -0.823. The van der Waals surface area contributed by atoms with Crippen LogP contribution in [0.4, 0.5) is 0 Å². The predicted octanol–water partition coefficient (Wildman–Crippen LogP) is 1.91. The molecule has 0 aliphatic carbocycles. The molecule has 0 saturated carbocycles. The van der Waals surface area contributed by atoms with Crippen molar-refractivity contribution in [2.75, 3.05) is 0 Å². The maximum atomic E-state index is 11.2. The SMILES string of the molecule is CCCC(=O)Cc1cc(O)c(Cl)c(=O)o1. The molecule has 1 rings (SSSR count). The summed E-state index contributed by atoms with van der Waals surface area (Å²) in [7, 11) is 0. The first kappa shape index (κ1) is 11.8. The Kier molecular flexibility index (Phi) is 3.91. The predicted molar refractivity (Wildman–Crippen MR) is 55.3 cm³/mol. The van der Waals surface area contributed by atoms with Crippen molar-refractivity contribution in [3.8, 4) is 5.75 Å². The molecule has 15 heavy (non-hydrogen) atoms. The van der Waals surface area contributed by atoms with Crippen LogP contribution in [-0.4, -0.2) is 10.9 Å². The molecule has 1 N–H and O–H groups in total. The lowest BCUT2D eigenvalue weighted by Gasteiger charge is -2.00. The van der Waals surface area contributed by atoms with E-state index >= 15 is 0 Å². The third-order valence-corrected chi connectivity index (χ3v) is 2.17. The Balaban J connectivity index is 2.88. The van der Waals surface area contributed by atoms with Crippen molar-refractivity contribution >= 4 is 17.4 Å². The zero-order valence-corrected chi connectivity index (χ0v) is 9.00. The number of rotatable bonds is 4. The molecule has 4 nitrogen and oxygen atoms in total. The van der Waals surface area contributed by atoms with Crippen molar-refractivity contribution < 1.29 is 14.3 Å². The molecule has 0 unspecified atom stereocenters. The van der Waals surface area contributed by atoms with Crippen LogP contribution in [0, 0.1) is 0 Å². The fourth-order valence-corrected chi connectivity index (χ4v) is 1.26. The van der Waals surface area contributed by atoms with Gasteiger partial charge in [-0.25, -0.2) is 4.79 Å². The number of carbonyl (C=O) groups excluding carboxylic acids is 1. The van der Waals surface area contributed by atoms with Crippen LogP contribution < -0.4 is 5.63 Å². The first-order chi connectivity index (χ1) is 7.04. The van der Waals surface area contributed by atoms with Crippen molar-refractivity contribution in [1.29, 1.82) is 0 Å². The van der Waals surface area contributed by atoms with Crippen molar-refractivity contribution in [2.24, 2.45) is 0 Å². The van der Waals surface area contributed by atoms with Crippen LogP contribution in [0.15, 0.2) is 15.3 Å². The summed E-state index contributed by atoms with van der Waals surface area (Å²) in [5.74, 6) is -0.255. The molecule has 0 amide bonds. The standard InChI is InChI=1S/C10H11ClO4/c1-2-3-6(12)4-7-5-8(13)9(11)10(14)15-7/h5,13H,2-4H2,1H3. The summed E-state index contributed by atoms with van der Waals surface area (Å²) >= 11 is 5.41. The zero-order chi connectivity index (χ0) is 11.4. The lowest BCUT2D eigenvalue weighted by atomic mass is 10.1. The lowest BCUT2D eigenvalue weighted by molar-refractivity contribution is -0.118. The molecule has 0 atom stereocenters. The Bertz CT molecular complexity index is 422. The minimum absolute atomic E-state index is 0.00775. The average Bonchev–Trinajstić information content (AvgIpc) is 2.14. The molecular formula is C10H11ClO4.